The van der Waals surface area contributed by atoms with Crippen molar-refractivity contribution in [2.24, 2.45) is 0 Å². The molecule has 0 heterocycles. The van der Waals surface area contributed by atoms with Crippen LogP contribution in [0, 0.1) is 0 Å². The highest BCUT2D eigenvalue weighted by Gasteiger charge is 1.99. The number of hydrogen-bond acceptors (Lipinski definition) is 1. The van der Waals surface area contributed by atoms with E-state index in [1.165, 1.54) is 12.0 Å². The molecule has 0 radical (unpaired) electrons. The number of rotatable bonds is 9. The summed E-state index contributed by atoms with van der Waals surface area (Å²) in [6.07, 6.45) is 7.34. The molecule has 2 heteroatoms. The molecule has 1 amide bonds. The molecule has 0 atom stereocenters. The van der Waals surface area contributed by atoms with Crippen LogP contribution in [0.3, 0.4) is 0 Å². The summed E-state index contributed by atoms with van der Waals surface area (Å²) in [5, 5.41) is 2.99. The van der Waals surface area contributed by atoms with Gasteiger partial charge in [0.25, 0.3) is 0 Å². The maximum absolute atomic E-state index is 11.4. The quantitative estimate of drug-likeness (QED) is 0.662. The van der Waals surface area contributed by atoms with E-state index in [4.69, 9.17) is 0 Å². The van der Waals surface area contributed by atoms with E-state index in [9.17, 15) is 4.79 Å². The number of carbonyl (C=O) groups is 1. The number of aryl methyl sites for hydroxylation is 1. The van der Waals surface area contributed by atoms with Gasteiger partial charge < -0.3 is 5.32 Å². The zero-order chi connectivity index (χ0) is 13.1. The average Bonchev–Trinajstić information content (AvgIpc) is 2.40. The summed E-state index contributed by atoms with van der Waals surface area (Å²) >= 11 is 0. The Balaban J connectivity index is 1.97. The largest absolute Gasteiger partial charge is 0.356 e. The van der Waals surface area contributed by atoms with Crippen molar-refractivity contribution in [2.75, 3.05) is 6.54 Å². The minimum atomic E-state index is 0.211. The van der Waals surface area contributed by atoms with Crippen LogP contribution in [-0.2, 0) is 11.2 Å². The van der Waals surface area contributed by atoms with Crippen LogP contribution >= 0.6 is 0 Å². The van der Waals surface area contributed by atoms with E-state index in [-0.39, 0.29) is 5.91 Å². The Labute approximate surface area is 111 Å². The maximum atomic E-state index is 11.4. The second-order valence-corrected chi connectivity index (χ2v) is 4.75. The van der Waals surface area contributed by atoms with E-state index in [2.05, 4.69) is 36.5 Å². The highest BCUT2D eigenvalue weighted by molar-refractivity contribution is 5.75. The lowest BCUT2D eigenvalue weighted by Crippen LogP contribution is -2.24. The van der Waals surface area contributed by atoms with Crippen molar-refractivity contribution in [3.05, 3.63) is 35.9 Å². The van der Waals surface area contributed by atoms with E-state index >= 15 is 0 Å². The van der Waals surface area contributed by atoms with Gasteiger partial charge in [-0.15, -0.1) is 0 Å². The van der Waals surface area contributed by atoms with E-state index in [1.54, 1.807) is 0 Å². The van der Waals surface area contributed by atoms with Gasteiger partial charge in [-0.2, -0.15) is 0 Å². The second-order valence-electron chi connectivity index (χ2n) is 4.75. The number of benzene rings is 1. The minimum Gasteiger partial charge on any atom is -0.356 e. The third-order valence-electron chi connectivity index (χ3n) is 3.06. The molecule has 100 valence electrons. The number of unbranched alkanes of at least 4 members (excludes halogenated alkanes) is 3. The van der Waals surface area contributed by atoms with Crippen LogP contribution in [-0.4, -0.2) is 12.5 Å². The summed E-state index contributed by atoms with van der Waals surface area (Å²) in [5.41, 5.74) is 1.38. The number of carbonyl (C=O) groups excluding carboxylic acids is 1. The molecule has 0 unspecified atom stereocenters. The molecule has 0 aliphatic heterocycles. The molecule has 1 N–H and O–H groups in total. The van der Waals surface area contributed by atoms with E-state index in [0.717, 1.165) is 38.6 Å². The molecule has 1 rings (SSSR count). The summed E-state index contributed by atoms with van der Waals surface area (Å²) in [6, 6.07) is 10.5. The SMILES string of the molecule is CCCCCC(=O)NCCCCc1ccccc1. The first-order valence-corrected chi connectivity index (χ1v) is 7.13. The van der Waals surface area contributed by atoms with Gasteiger partial charge in [0.1, 0.15) is 0 Å². The van der Waals surface area contributed by atoms with Crippen LogP contribution in [0.2, 0.25) is 0 Å². The summed E-state index contributed by atoms with van der Waals surface area (Å²) in [5.74, 6) is 0.211. The summed E-state index contributed by atoms with van der Waals surface area (Å²) in [6.45, 7) is 2.97. The van der Waals surface area contributed by atoms with Crippen LogP contribution in [0.5, 0.6) is 0 Å². The first-order valence-electron chi connectivity index (χ1n) is 7.13. The van der Waals surface area contributed by atoms with Gasteiger partial charge in [-0.1, -0.05) is 50.1 Å². The molecule has 0 aliphatic carbocycles. The molecule has 0 fully saturated rings. The monoisotopic (exact) mass is 247 g/mol. The van der Waals surface area contributed by atoms with Gasteiger partial charge in [-0.3, -0.25) is 4.79 Å². The Morgan fingerprint density at radius 1 is 1.06 bits per heavy atom. The minimum absolute atomic E-state index is 0.211. The lowest BCUT2D eigenvalue weighted by molar-refractivity contribution is -0.121. The zero-order valence-corrected chi connectivity index (χ0v) is 11.5. The van der Waals surface area contributed by atoms with E-state index < -0.39 is 0 Å². The van der Waals surface area contributed by atoms with Gasteiger partial charge in [0.05, 0.1) is 0 Å². The lowest BCUT2D eigenvalue weighted by Gasteiger charge is -2.05. The Hall–Kier alpha value is -1.31. The lowest BCUT2D eigenvalue weighted by atomic mass is 10.1. The molecule has 0 saturated heterocycles. The topological polar surface area (TPSA) is 29.1 Å². The average molecular weight is 247 g/mol. The standard InChI is InChI=1S/C16H25NO/c1-2-3-5-13-16(18)17-14-9-8-12-15-10-6-4-7-11-15/h4,6-7,10-11H,2-3,5,8-9,12-14H2,1H3,(H,17,18). The van der Waals surface area contributed by atoms with Crippen LogP contribution in [0.4, 0.5) is 0 Å². The van der Waals surface area contributed by atoms with Gasteiger partial charge in [0, 0.05) is 13.0 Å². The van der Waals surface area contributed by atoms with Crippen molar-refractivity contribution < 1.29 is 4.79 Å². The summed E-state index contributed by atoms with van der Waals surface area (Å²) in [7, 11) is 0. The fourth-order valence-corrected chi connectivity index (χ4v) is 1.95. The molecule has 1 aromatic carbocycles. The smallest absolute Gasteiger partial charge is 0.219 e. The van der Waals surface area contributed by atoms with Gasteiger partial charge in [-0.05, 0) is 31.2 Å². The van der Waals surface area contributed by atoms with Crippen molar-refractivity contribution in [1.29, 1.82) is 0 Å². The highest BCUT2D eigenvalue weighted by atomic mass is 16.1. The fraction of sp³-hybridized carbons (Fsp3) is 0.562. The normalized spacial score (nSPS) is 10.3. The van der Waals surface area contributed by atoms with Crippen molar-refractivity contribution in [3.8, 4) is 0 Å². The van der Waals surface area contributed by atoms with Crippen LogP contribution in [0.15, 0.2) is 30.3 Å². The first-order chi connectivity index (χ1) is 8.83. The molecule has 2 nitrogen and oxygen atoms in total. The highest BCUT2D eigenvalue weighted by Crippen LogP contribution is 2.04. The molecule has 1 aromatic rings. The Morgan fingerprint density at radius 2 is 1.83 bits per heavy atom. The van der Waals surface area contributed by atoms with Crippen molar-refractivity contribution in [1.82, 2.24) is 5.32 Å². The third-order valence-corrected chi connectivity index (χ3v) is 3.06. The molecule has 0 saturated carbocycles. The predicted molar refractivity (Wildman–Crippen MR) is 76.5 cm³/mol. The van der Waals surface area contributed by atoms with Crippen LogP contribution < -0.4 is 5.32 Å². The van der Waals surface area contributed by atoms with Crippen molar-refractivity contribution in [3.63, 3.8) is 0 Å². The van der Waals surface area contributed by atoms with Crippen LogP contribution in [0.1, 0.15) is 51.0 Å². The molecule has 0 aliphatic rings. The van der Waals surface area contributed by atoms with Crippen molar-refractivity contribution in [2.45, 2.75) is 51.9 Å². The Morgan fingerprint density at radius 3 is 2.56 bits per heavy atom. The number of hydrogen-bond donors (Lipinski definition) is 1. The summed E-state index contributed by atoms with van der Waals surface area (Å²) in [4.78, 5) is 11.4. The van der Waals surface area contributed by atoms with Gasteiger partial charge in [0.2, 0.25) is 5.91 Å². The number of nitrogens with one attached hydrogen (secondary N) is 1. The van der Waals surface area contributed by atoms with E-state index in [0.29, 0.717) is 6.42 Å². The maximum Gasteiger partial charge on any atom is 0.219 e. The molecular weight excluding hydrogens is 222 g/mol. The molecule has 0 spiro atoms. The fourth-order valence-electron chi connectivity index (χ4n) is 1.95. The first kappa shape index (κ1) is 14.7. The Bertz CT molecular complexity index is 321. The van der Waals surface area contributed by atoms with Gasteiger partial charge >= 0.3 is 0 Å². The number of amides is 1. The second kappa shape index (κ2) is 9.69. The molecule has 0 aromatic heterocycles. The molecule has 0 bridgehead atoms. The van der Waals surface area contributed by atoms with Crippen molar-refractivity contribution >= 4 is 5.91 Å². The van der Waals surface area contributed by atoms with Crippen LogP contribution in [0.25, 0.3) is 0 Å². The molecule has 18 heavy (non-hydrogen) atoms. The zero-order valence-electron chi connectivity index (χ0n) is 11.5. The Kier molecular flexibility index (Phi) is 7.94. The molecular formula is C16H25NO. The summed E-state index contributed by atoms with van der Waals surface area (Å²) < 4.78 is 0. The van der Waals surface area contributed by atoms with Gasteiger partial charge in [-0.25, -0.2) is 0 Å². The predicted octanol–water partition coefficient (Wildman–Crippen LogP) is 3.71. The third kappa shape index (κ3) is 7.10. The van der Waals surface area contributed by atoms with Gasteiger partial charge in [0.15, 0.2) is 0 Å². The van der Waals surface area contributed by atoms with E-state index in [1.807, 2.05) is 6.07 Å².